The molecule has 7 heteroatoms. The van der Waals surface area contributed by atoms with Gasteiger partial charge in [0.25, 0.3) is 0 Å². The molecule has 1 unspecified atom stereocenters. The second kappa shape index (κ2) is 7.90. The van der Waals surface area contributed by atoms with E-state index in [9.17, 15) is 13.2 Å². The number of nitrogens with one attached hydrogen (secondary N) is 1. The summed E-state index contributed by atoms with van der Waals surface area (Å²) >= 11 is 3.34. The third-order valence-electron chi connectivity index (χ3n) is 4.56. The summed E-state index contributed by atoms with van der Waals surface area (Å²) in [5.74, 6) is -0.492. The minimum Gasteiger partial charge on any atom is -0.326 e. The molecular formula is C19H21BrN2O3S. The summed E-state index contributed by atoms with van der Waals surface area (Å²) in [6.07, 6.45) is 1.35. The number of hydrogen-bond donors (Lipinski definition) is 1. The lowest BCUT2D eigenvalue weighted by Gasteiger charge is -2.31. The molecule has 0 bridgehead atoms. The average molecular weight is 437 g/mol. The molecule has 5 nitrogen and oxygen atoms in total. The quantitative estimate of drug-likeness (QED) is 0.792. The van der Waals surface area contributed by atoms with E-state index in [-0.39, 0.29) is 23.3 Å². The Hall–Kier alpha value is -1.70. The van der Waals surface area contributed by atoms with Crippen LogP contribution in [0.1, 0.15) is 18.4 Å². The molecule has 2 aromatic rings. The number of amides is 1. The molecule has 0 radical (unpaired) electrons. The van der Waals surface area contributed by atoms with Crippen molar-refractivity contribution in [2.45, 2.75) is 24.7 Å². The number of piperidine rings is 1. The summed E-state index contributed by atoms with van der Waals surface area (Å²) in [5, 5.41) is 2.88. The molecule has 1 amide bonds. The number of aryl methyl sites for hydroxylation is 1. The Morgan fingerprint density at radius 1 is 1.19 bits per heavy atom. The molecule has 0 spiro atoms. The lowest BCUT2D eigenvalue weighted by Crippen LogP contribution is -2.43. The van der Waals surface area contributed by atoms with Crippen molar-refractivity contribution in [3.8, 4) is 0 Å². The molecule has 1 saturated heterocycles. The van der Waals surface area contributed by atoms with Crippen LogP contribution in [0.15, 0.2) is 57.9 Å². The molecule has 1 N–H and O–H groups in total. The first-order valence-corrected chi connectivity index (χ1v) is 10.7. The fourth-order valence-corrected chi connectivity index (χ4v) is 5.42. The van der Waals surface area contributed by atoms with Crippen molar-refractivity contribution in [2.75, 3.05) is 18.4 Å². The number of rotatable bonds is 4. The van der Waals surface area contributed by atoms with Crippen molar-refractivity contribution in [3.05, 3.63) is 58.6 Å². The molecule has 0 saturated carbocycles. The maximum Gasteiger partial charge on any atom is 0.243 e. The highest BCUT2D eigenvalue weighted by Gasteiger charge is 2.34. The van der Waals surface area contributed by atoms with Crippen LogP contribution in [0.3, 0.4) is 0 Å². The highest BCUT2D eigenvalue weighted by molar-refractivity contribution is 9.10. The van der Waals surface area contributed by atoms with Gasteiger partial charge < -0.3 is 5.32 Å². The third-order valence-corrected chi connectivity index (χ3v) is 7.06. The van der Waals surface area contributed by atoms with Crippen LogP contribution >= 0.6 is 15.9 Å². The van der Waals surface area contributed by atoms with E-state index in [2.05, 4.69) is 21.2 Å². The van der Waals surface area contributed by atoms with E-state index in [1.807, 2.05) is 36.4 Å². The first-order valence-electron chi connectivity index (χ1n) is 8.50. The fourth-order valence-electron chi connectivity index (χ4n) is 3.13. The Kier molecular flexibility index (Phi) is 5.79. The van der Waals surface area contributed by atoms with E-state index in [1.54, 1.807) is 19.1 Å². The molecule has 3 rings (SSSR count). The maximum absolute atomic E-state index is 13.1. The average Bonchev–Trinajstić information content (AvgIpc) is 2.64. The molecule has 26 heavy (non-hydrogen) atoms. The molecule has 0 aromatic heterocycles. The summed E-state index contributed by atoms with van der Waals surface area (Å²) in [6.45, 7) is 2.42. The number of benzene rings is 2. The first kappa shape index (κ1) is 19.1. The standard InChI is InChI=1S/C19H21BrN2O3S/c1-14-9-10-16(20)12-18(14)26(24,25)22-11-5-6-15(13-22)19(23)21-17-7-3-2-4-8-17/h2-4,7-10,12,15H,5-6,11,13H2,1H3,(H,21,23). The molecule has 1 aliphatic rings. The van der Waals surface area contributed by atoms with E-state index in [4.69, 9.17) is 0 Å². The minimum absolute atomic E-state index is 0.137. The van der Waals surface area contributed by atoms with E-state index in [0.29, 0.717) is 24.9 Å². The number of carbonyl (C=O) groups excluding carboxylic acids is 1. The van der Waals surface area contributed by atoms with Crippen LogP contribution in [-0.4, -0.2) is 31.7 Å². The van der Waals surface area contributed by atoms with Gasteiger partial charge in [0.1, 0.15) is 0 Å². The van der Waals surface area contributed by atoms with E-state index < -0.39 is 10.0 Å². The third kappa shape index (κ3) is 4.16. The Morgan fingerprint density at radius 3 is 2.65 bits per heavy atom. The predicted molar refractivity (Wildman–Crippen MR) is 105 cm³/mol. The van der Waals surface area contributed by atoms with Crippen LogP contribution in [-0.2, 0) is 14.8 Å². The zero-order chi connectivity index (χ0) is 18.7. The fraction of sp³-hybridized carbons (Fsp3) is 0.316. The number of anilines is 1. The summed E-state index contributed by atoms with van der Waals surface area (Å²) in [7, 11) is -3.63. The molecular weight excluding hydrogens is 416 g/mol. The number of carbonyl (C=O) groups is 1. The van der Waals surface area contributed by atoms with Crippen molar-refractivity contribution >= 4 is 37.5 Å². The normalized spacial score (nSPS) is 18.5. The zero-order valence-electron chi connectivity index (χ0n) is 14.5. The van der Waals surface area contributed by atoms with Crippen LogP contribution in [0.2, 0.25) is 0 Å². The molecule has 1 aliphatic heterocycles. The molecule has 0 aliphatic carbocycles. The van der Waals surface area contributed by atoms with E-state index in [1.165, 1.54) is 4.31 Å². The SMILES string of the molecule is Cc1ccc(Br)cc1S(=O)(=O)N1CCCC(C(=O)Nc2ccccc2)C1. The monoisotopic (exact) mass is 436 g/mol. The van der Waals surface area contributed by atoms with Gasteiger partial charge in [-0.25, -0.2) is 8.42 Å². The van der Waals surface area contributed by atoms with Gasteiger partial charge in [-0.15, -0.1) is 0 Å². The van der Waals surface area contributed by atoms with Crippen LogP contribution in [0.4, 0.5) is 5.69 Å². The Bertz CT molecular complexity index is 900. The first-order chi connectivity index (χ1) is 12.4. The van der Waals surface area contributed by atoms with Crippen molar-refractivity contribution in [3.63, 3.8) is 0 Å². The van der Waals surface area contributed by atoms with Crippen LogP contribution < -0.4 is 5.32 Å². The Labute approximate surface area is 162 Å². The van der Waals surface area contributed by atoms with Gasteiger partial charge in [0, 0.05) is 23.2 Å². The molecule has 1 heterocycles. The van der Waals surface area contributed by atoms with Gasteiger partial charge in [-0.2, -0.15) is 4.31 Å². The highest BCUT2D eigenvalue weighted by Crippen LogP contribution is 2.28. The predicted octanol–water partition coefficient (Wildman–Crippen LogP) is 3.80. The smallest absolute Gasteiger partial charge is 0.243 e. The lowest BCUT2D eigenvalue weighted by molar-refractivity contribution is -0.120. The zero-order valence-corrected chi connectivity index (χ0v) is 16.9. The van der Waals surface area contributed by atoms with Crippen molar-refractivity contribution in [1.82, 2.24) is 4.31 Å². The van der Waals surface area contributed by atoms with E-state index >= 15 is 0 Å². The number of para-hydroxylation sites is 1. The van der Waals surface area contributed by atoms with Crippen molar-refractivity contribution < 1.29 is 13.2 Å². The highest BCUT2D eigenvalue weighted by atomic mass is 79.9. The molecule has 2 aromatic carbocycles. The van der Waals surface area contributed by atoms with Gasteiger partial charge in [-0.3, -0.25) is 4.79 Å². The van der Waals surface area contributed by atoms with Gasteiger partial charge in [0.2, 0.25) is 15.9 Å². The van der Waals surface area contributed by atoms with Crippen LogP contribution in [0.5, 0.6) is 0 Å². The van der Waals surface area contributed by atoms with Crippen LogP contribution in [0.25, 0.3) is 0 Å². The van der Waals surface area contributed by atoms with Gasteiger partial charge in [-0.1, -0.05) is 40.2 Å². The van der Waals surface area contributed by atoms with Crippen molar-refractivity contribution in [2.24, 2.45) is 5.92 Å². The van der Waals surface area contributed by atoms with Gasteiger partial charge in [0.05, 0.1) is 10.8 Å². The second-order valence-electron chi connectivity index (χ2n) is 6.47. The number of sulfonamides is 1. The Morgan fingerprint density at radius 2 is 1.92 bits per heavy atom. The summed E-state index contributed by atoms with van der Waals surface area (Å²) in [6, 6.07) is 14.4. The van der Waals surface area contributed by atoms with Crippen molar-refractivity contribution in [1.29, 1.82) is 0 Å². The minimum atomic E-state index is -3.63. The maximum atomic E-state index is 13.1. The summed E-state index contributed by atoms with van der Waals surface area (Å²) < 4.78 is 28.3. The molecule has 138 valence electrons. The second-order valence-corrected chi connectivity index (χ2v) is 9.29. The number of nitrogens with zero attached hydrogens (tertiary/aromatic N) is 1. The van der Waals surface area contributed by atoms with E-state index in [0.717, 1.165) is 10.2 Å². The summed E-state index contributed by atoms with van der Waals surface area (Å²) in [4.78, 5) is 12.8. The van der Waals surface area contributed by atoms with Gasteiger partial charge in [-0.05, 0) is 49.6 Å². The molecule has 1 fully saturated rings. The molecule has 1 atom stereocenters. The summed E-state index contributed by atoms with van der Waals surface area (Å²) in [5.41, 5.74) is 1.42. The lowest BCUT2D eigenvalue weighted by atomic mass is 9.99. The number of hydrogen-bond acceptors (Lipinski definition) is 3. The Balaban J connectivity index is 1.77. The van der Waals surface area contributed by atoms with Gasteiger partial charge in [0.15, 0.2) is 0 Å². The number of halogens is 1. The van der Waals surface area contributed by atoms with Gasteiger partial charge >= 0.3 is 0 Å². The van der Waals surface area contributed by atoms with Crippen LogP contribution in [0, 0.1) is 12.8 Å². The largest absolute Gasteiger partial charge is 0.326 e. The topological polar surface area (TPSA) is 66.5 Å².